The number of esters is 1. The minimum Gasteiger partial charge on any atom is -0.462 e. The standard InChI is InChI=1S/C25H28N4O5S/c1-5-28-16(4)21(24(31)34-14-15(2)3)22(27-25(28)35)18-7-6-8-19(13-18)26-23(30)17-9-11-20(12-10-17)29(32)33/h6-13,15,22H,5,14H2,1-4H3,(H,26,30)(H,27,35)/t22-/m1/s1. The third-order valence-electron chi connectivity index (χ3n) is 5.50. The number of nitro benzene ring substituents is 1. The Morgan fingerprint density at radius 3 is 2.51 bits per heavy atom. The average molecular weight is 497 g/mol. The lowest BCUT2D eigenvalue weighted by Gasteiger charge is -2.37. The fraction of sp³-hybridized carbons (Fsp3) is 0.320. The fourth-order valence-electron chi connectivity index (χ4n) is 3.73. The summed E-state index contributed by atoms with van der Waals surface area (Å²) in [5, 5.41) is 17.4. The Labute approximate surface area is 209 Å². The van der Waals surface area contributed by atoms with Gasteiger partial charge >= 0.3 is 5.97 Å². The molecule has 1 aliphatic heterocycles. The van der Waals surface area contributed by atoms with E-state index in [-0.39, 0.29) is 17.2 Å². The van der Waals surface area contributed by atoms with Crippen molar-refractivity contribution in [3.05, 3.63) is 81.0 Å². The topological polar surface area (TPSA) is 114 Å². The molecule has 1 amide bonds. The Morgan fingerprint density at radius 2 is 1.91 bits per heavy atom. The van der Waals surface area contributed by atoms with Crippen LogP contribution in [0, 0.1) is 16.0 Å². The van der Waals surface area contributed by atoms with E-state index in [0.717, 1.165) is 11.3 Å². The van der Waals surface area contributed by atoms with E-state index < -0.39 is 22.8 Å². The number of ether oxygens (including phenoxy) is 1. The van der Waals surface area contributed by atoms with Crippen molar-refractivity contribution >= 4 is 40.6 Å². The SMILES string of the molecule is CCN1C(=S)N[C@H](c2cccc(NC(=O)c3ccc([N+](=O)[O-])cc3)c2)C(C(=O)OCC(C)C)=C1C. The molecule has 0 spiro atoms. The highest BCUT2D eigenvalue weighted by atomic mass is 32.1. The number of nitrogens with zero attached hydrogens (tertiary/aromatic N) is 2. The van der Waals surface area contributed by atoms with E-state index in [1.165, 1.54) is 24.3 Å². The van der Waals surface area contributed by atoms with Crippen LogP contribution in [0.15, 0.2) is 59.8 Å². The predicted molar refractivity (Wildman–Crippen MR) is 137 cm³/mol. The summed E-state index contributed by atoms with van der Waals surface area (Å²) in [6, 6.07) is 11.9. The van der Waals surface area contributed by atoms with Gasteiger partial charge in [-0.05, 0) is 61.8 Å². The molecule has 1 aliphatic rings. The van der Waals surface area contributed by atoms with Crippen molar-refractivity contribution in [1.29, 1.82) is 0 Å². The van der Waals surface area contributed by atoms with Crippen LogP contribution in [-0.2, 0) is 9.53 Å². The molecule has 9 nitrogen and oxygen atoms in total. The Balaban J connectivity index is 1.89. The predicted octanol–water partition coefficient (Wildman–Crippen LogP) is 4.57. The molecule has 2 aromatic rings. The molecule has 0 saturated heterocycles. The van der Waals surface area contributed by atoms with Crippen molar-refractivity contribution in [2.24, 2.45) is 5.92 Å². The van der Waals surface area contributed by atoms with E-state index in [0.29, 0.717) is 29.5 Å². The minimum absolute atomic E-state index is 0.0944. The molecule has 0 radical (unpaired) electrons. The van der Waals surface area contributed by atoms with E-state index in [1.54, 1.807) is 18.2 Å². The molecule has 0 aromatic heterocycles. The Kier molecular flexibility index (Phi) is 8.18. The van der Waals surface area contributed by atoms with E-state index >= 15 is 0 Å². The number of hydrogen-bond acceptors (Lipinski definition) is 6. The Morgan fingerprint density at radius 1 is 1.23 bits per heavy atom. The lowest BCUT2D eigenvalue weighted by Crippen LogP contribution is -2.47. The number of carbonyl (C=O) groups is 2. The molecule has 2 aromatic carbocycles. The van der Waals surface area contributed by atoms with Gasteiger partial charge in [-0.1, -0.05) is 26.0 Å². The van der Waals surface area contributed by atoms with E-state index in [9.17, 15) is 19.7 Å². The second-order valence-corrected chi connectivity index (χ2v) is 8.89. The quantitative estimate of drug-likeness (QED) is 0.236. The number of nitrogens with one attached hydrogen (secondary N) is 2. The van der Waals surface area contributed by atoms with Gasteiger partial charge in [0.25, 0.3) is 11.6 Å². The molecule has 0 bridgehead atoms. The number of hydrogen-bond donors (Lipinski definition) is 2. The summed E-state index contributed by atoms with van der Waals surface area (Å²) in [6.45, 7) is 8.62. The van der Waals surface area contributed by atoms with Gasteiger partial charge in [-0.15, -0.1) is 0 Å². The number of thiocarbonyl (C=S) groups is 1. The second kappa shape index (κ2) is 11.1. The van der Waals surface area contributed by atoms with Gasteiger partial charge in [0.1, 0.15) is 0 Å². The number of carbonyl (C=O) groups excluding carboxylic acids is 2. The van der Waals surface area contributed by atoms with Crippen molar-refractivity contribution in [3.8, 4) is 0 Å². The minimum atomic E-state index is -0.554. The maximum Gasteiger partial charge on any atom is 0.338 e. The monoisotopic (exact) mass is 496 g/mol. The van der Waals surface area contributed by atoms with Gasteiger partial charge in [0, 0.05) is 35.6 Å². The van der Waals surface area contributed by atoms with E-state index in [2.05, 4.69) is 10.6 Å². The highest BCUT2D eigenvalue weighted by Gasteiger charge is 2.34. The third kappa shape index (κ3) is 6.02. The molecule has 1 heterocycles. The van der Waals surface area contributed by atoms with Crippen molar-refractivity contribution in [1.82, 2.24) is 10.2 Å². The van der Waals surface area contributed by atoms with Crippen molar-refractivity contribution in [2.45, 2.75) is 33.7 Å². The number of non-ortho nitro benzene ring substituents is 1. The van der Waals surface area contributed by atoms with Crippen LogP contribution in [0.4, 0.5) is 11.4 Å². The summed E-state index contributed by atoms with van der Waals surface area (Å²) < 4.78 is 5.55. The molecule has 10 heteroatoms. The van der Waals surface area contributed by atoms with Crippen molar-refractivity contribution in [2.75, 3.05) is 18.5 Å². The van der Waals surface area contributed by atoms with E-state index in [4.69, 9.17) is 17.0 Å². The zero-order chi connectivity index (χ0) is 25.7. The fourth-order valence-corrected chi connectivity index (χ4v) is 4.11. The van der Waals surface area contributed by atoms with Crippen LogP contribution in [0.3, 0.4) is 0 Å². The first-order chi connectivity index (χ1) is 16.6. The number of anilines is 1. The maximum atomic E-state index is 13.1. The van der Waals surface area contributed by atoms with Gasteiger partial charge in [0.15, 0.2) is 5.11 Å². The molecule has 0 saturated carbocycles. The third-order valence-corrected chi connectivity index (χ3v) is 5.84. The van der Waals surface area contributed by atoms with Crippen LogP contribution >= 0.6 is 12.2 Å². The number of amides is 1. The number of benzene rings is 2. The van der Waals surface area contributed by atoms with Crippen LogP contribution in [0.25, 0.3) is 0 Å². The van der Waals surface area contributed by atoms with Crippen molar-refractivity contribution in [3.63, 3.8) is 0 Å². The van der Waals surface area contributed by atoms with Gasteiger partial charge in [-0.3, -0.25) is 14.9 Å². The molecule has 35 heavy (non-hydrogen) atoms. The molecule has 0 fully saturated rings. The largest absolute Gasteiger partial charge is 0.462 e. The Bertz CT molecular complexity index is 1180. The van der Waals surface area contributed by atoms with E-state index in [1.807, 2.05) is 38.7 Å². The normalized spacial score (nSPS) is 15.6. The summed E-state index contributed by atoms with van der Waals surface area (Å²) in [5.74, 6) is -0.643. The van der Waals surface area contributed by atoms with Gasteiger partial charge in [-0.2, -0.15) is 0 Å². The van der Waals surface area contributed by atoms with Gasteiger partial charge in [-0.25, -0.2) is 4.79 Å². The molecule has 0 unspecified atom stereocenters. The average Bonchev–Trinajstić information content (AvgIpc) is 2.82. The van der Waals surface area contributed by atoms with Crippen LogP contribution in [0.2, 0.25) is 0 Å². The first-order valence-electron chi connectivity index (χ1n) is 11.2. The van der Waals surface area contributed by atoms with Gasteiger partial charge < -0.3 is 20.3 Å². The molecule has 184 valence electrons. The summed E-state index contributed by atoms with van der Waals surface area (Å²) >= 11 is 5.53. The number of allylic oxidation sites excluding steroid dienone is 1. The smallest absolute Gasteiger partial charge is 0.338 e. The zero-order valence-corrected chi connectivity index (χ0v) is 20.8. The number of rotatable bonds is 8. The maximum absolute atomic E-state index is 13.1. The molecule has 2 N–H and O–H groups in total. The Hall–Kier alpha value is -3.79. The first-order valence-corrected chi connectivity index (χ1v) is 11.6. The zero-order valence-electron chi connectivity index (χ0n) is 20.0. The van der Waals surface area contributed by atoms with Crippen molar-refractivity contribution < 1.29 is 19.2 Å². The first kappa shape index (κ1) is 25.8. The lowest BCUT2D eigenvalue weighted by molar-refractivity contribution is -0.384. The highest BCUT2D eigenvalue weighted by molar-refractivity contribution is 7.80. The molecular weight excluding hydrogens is 468 g/mol. The summed E-state index contributed by atoms with van der Waals surface area (Å²) in [7, 11) is 0. The van der Waals surface area contributed by atoms with Crippen LogP contribution in [-0.4, -0.2) is 40.0 Å². The number of nitro groups is 1. The highest BCUT2D eigenvalue weighted by Crippen LogP contribution is 2.32. The molecular formula is C25H28N4O5S. The van der Waals surface area contributed by atoms with Crippen LogP contribution in [0.5, 0.6) is 0 Å². The molecule has 3 rings (SSSR count). The van der Waals surface area contributed by atoms with Crippen LogP contribution in [0.1, 0.15) is 49.7 Å². The summed E-state index contributed by atoms with van der Waals surface area (Å²) in [4.78, 5) is 37.9. The molecule has 1 atom stereocenters. The summed E-state index contributed by atoms with van der Waals surface area (Å²) in [5.41, 5.74) is 2.59. The van der Waals surface area contributed by atoms with Crippen LogP contribution < -0.4 is 10.6 Å². The van der Waals surface area contributed by atoms with Gasteiger partial charge in [0.05, 0.1) is 23.1 Å². The summed E-state index contributed by atoms with van der Waals surface area (Å²) in [6.07, 6.45) is 0. The molecule has 0 aliphatic carbocycles. The van der Waals surface area contributed by atoms with Gasteiger partial charge in [0.2, 0.25) is 0 Å². The second-order valence-electron chi connectivity index (χ2n) is 8.50. The lowest BCUT2D eigenvalue weighted by atomic mass is 9.94.